The first-order valence-electron chi connectivity index (χ1n) is 5.63. The number of nitrogens with two attached hydrogens (primary N) is 1. The van der Waals surface area contributed by atoms with Crippen molar-refractivity contribution in [2.75, 3.05) is 6.61 Å². The van der Waals surface area contributed by atoms with Crippen LogP contribution in [0.4, 0.5) is 0 Å². The van der Waals surface area contributed by atoms with Crippen molar-refractivity contribution in [2.24, 2.45) is 5.73 Å². The second kappa shape index (κ2) is 4.43. The Morgan fingerprint density at radius 3 is 2.78 bits per heavy atom. The Labute approximate surface area is 104 Å². The molecular weight excluding hydrogens is 240 g/mol. The van der Waals surface area contributed by atoms with Crippen LogP contribution in [0.2, 0.25) is 0 Å². The summed E-state index contributed by atoms with van der Waals surface area (Å²) < 4.78 is 5.40. The minimum absolute atomic E-state index is 0.244. The van der Waals surface area contributed by atoms with Crippen LogP contribution in [0.5, 0.6) is 0 Å². The molecule has 100 valence electrons. The van der Waals surface area contributed by atoms with E-state index in [-0.39, 0.29) is 12.2 Å². The monoisotopic (exact) mass is 256 g/mol. The quantitative estimate of drug-likeness (QED) is 0.497. The predicted octanol–water partition coefficient (Wildman–Crippen LogP) is -1.90. The molecule has 2 rings (SSSR count). The molecule has 1 amide bonds. The number of carbonyl (C=O) groups is 2. The Bertz CT molecular complexity index is 406. The smallest absolute Gasteiger partial charge is 0.236 e. The van der Waals surface area contributed by atoms with Crippen molar-refractivity contribution in [3.8, 4) is 0 Å². The number of hydrogen-bond donors (Lipinski definition) is 3. The molecule has 2 heterocycles. The average Bonchev–Trinajstić information content (AvgIpc) is 2.52. The van der Waals surface area contributed by atoms with Gasteiger partial charge in [-0.05, 0) is 13.0 Å². The summed E-state index contributed by atoms with van der Waals surface area (Å²) in [6.07, 6.45) is -0.515. The molecule has 0 aromatic heterocycles. The number of nitrogens with zero attached hydrogens (tertiary/aromatic N) is 1. The van der Waals surface area contributed by atoms with Gasteiger partial charge in [-0.2, -0.15) is 0 Å². The number of aliphatic hydroxyl groups excluding tert-OH is 2. The van der Waals surface area contributed by atoms with Gasteiger partial charge in [0.25, 0.3) is 0 Å². The topological polar surface area (TPSA) is 113 Å². The molecular formula is C11H16N2O5. The van der Waals surface area contributed by atoms with E-state index in [4.69, 9.17) is 15.6 Å². The first-order chi connectivity index (χ1) is 8.37. The van der Waals surface area contributed by atoms with Gasteiger partial charge in [0.15, 0.2) is 12.0 Å². The van der Waals surface area contributed by atoms with Crippen molar-refractivity contribution in [2.45, 2.75) is 37.3 Å². The van der Waals surface area contributed by atoms with Crippen molar-refractivity contribution in [1.82, 2.24) is 4.90 Å². The minimum atomic E-state index is -1.21. The Hall–Kier alpha value is -1.28. The fourth-order valence-electron chi connectivity index (χ4n) is 2.20. The average molecular weight is 256 g/mol. The highest BCUT2D eigenvalue weighted by Gasteiger charge is 2.53. The van der Waals surface area contributed by atoms with Gasteiger partial charge in [0.05, 0.1) is 18.6 Å². The third-order valence-corrected chi connectivity index (χ3v) is 3.29. The van der Waals surface area contributed by atoms with E-state index in [1.165, 1.54) is 24.1 Å². The lowest BCUT2D eigenvalue weighted by Crippen LogP contribution is -2.59. The summed E-state index contributed by atoms with van der Waals surface area (Å²) in [5, 5.41) is 19.0. The van der Waals surface area contributed by atoms with Crippen LogP contribution < -0.4 is 5.73 Å². The van der Waals surface area contributed by atoms with E-state index in [9.17, 15) is 14.7 Å². The van der Waals surface area contributed by atoms with Gasteiger partial charge in [-0.25, -0.2) is 0 Å². The van der Waals surface area contributed by atoms with Crippen LogP contribution in [0.3, 0.4) is 0 Å². The molecule has 2 aliphatic rings. The van der Waals surface area contributed by atoms with E-state index in [0.29, 0.717) is 0 Å². The maximum absolute atomic E-state index is 11.8. The number of carbonyl (C=O) groups excluding carboxylic acids is 2. The molecule has 7 heteroatoms. The van der Waals surface area contributed by atoms with Gasteiger partial charge in [-0.3, -0.25) is 14.5 Å². The maximum Gasteiger partial charge on any atom is 0.236 e. The van der Waals surface area contributed by atoms with Crippen LogP contribution in [-0.4, -0.2) is 57.4 Å². The predicted molar refractivity (Wildman–Crippen MR) is 60.0 cm³/mol. The number of ketones is 1. The standard InChI is InChI=1S/C11H16N2O5/c1-11(12)9(17)7(5-14)18-10(11)13-3-2-6(15)4-8(13)16/h2-3,7,9-10,14,17H,4-5,12H2,1H3/t7-,9-,10-,11-/m1/s1. The molecule has 0 saturated carbocycles. The van der Waals surface area contributed by atoms with Crippen LogP contribution in [0.1, 0.15) is 13.3 Å². The van der Waals surface area contributed by atoms with Gasteiger partial charge < -0.3 is 20.7 Å². The van der Waals surface area contributed by atoms with E-state index < -0.39 is 36.5 Å². The Morgan fingerprint density at radius 2 is 2.28 bits per heavy atom. The lowest BCUT2D eigenvalue weighted by molar-refractivity contribution is -0.146. The van der Waals surface area contributed by atoms with Gasteiger partial charge in [0.1, 0.15) is 12.2 Å². The van der Waals surface area contributed by atoms with Gasteiger partial charge in [-0.1, -0.05) is 0 Å². The Balaban J connectivity index is 2.26. The molecule has 0 aliphatic carbocycles. The summed E-state index contributed by atoms with van der Waals surface area (Å²) in [5.41, 5.74) is 4.75. The highest BCUT2D eigenvalue weighted by atomic mass is 16.5. The summed E-state index contributed by atoms with van der Waals surface area (Å²) >= 11 is 0. The molecule has 0 spiro atoms. The molecule has 0 aromatic rings. The first kappa shape index (κ1) is 13.2. The minimum Gasteiger partial charge on any atom is -0.394 e. The molecule has 0 aromatic carbocycles. The third-order valence-electron chi connectivity index (χ3n) is 3.29. The van der Waals surface area contributed by atoms with Crippen LogP contribution >= 0.6 is 0 Å². The van der Waals surface area contributed by atoms with E-state index >= 15 is 0 Å². The summed E-state index contributed by atoms with van der Waals surface area (Å²) in [6.45, 7) is 1.14. The summed E-state index contributed by atoms with van der Waals surface area (Å²) in [5.74, 6) is -0.720. The van der Waals surface area contributed by atoms with Gasteiger partial charge in [-0.15, -0.1) is 0 Å². The maximum atomic E-state index is 11.8. The molecule has 18 heavy (non-hydrogen) atoms. The van der Waals surface area contributed by atoms with E-state index in [1.807, 2.05) is 0 Å². The van der Waals surface area contributed by atoms with Crippen molar-refractivity contribution in [1.29, 1.82) is 0 Å². The molecule has 2 aliphatic heterocycles. The van der Waals surface area contributed by atoms with Crippen molar-refractivity contribution in [3.05, 3.63) is 12.3 Å². The molecule has 0 bridgehead atoms. The fourth-order valence-corrected chi connectivity index (χ4v) is 2.20. The van der Waals surface area contributed by atoms with Crippen molar-refractivity contribution in [3.63, 3.8) is 0 Å². The molecule has 0 unspecified atom stereocenters. The molecule has 1 fully saturated rings. The summed E-state index contributed by atoms with van der Waals surface area (Å²) in [4.78, 5) is 24.0. The molecule has 0 radical (unpaired) electrons. The number of allylic oxidation sites excluding steroid dienone is 1. The number of hydrogen-bond acceptors (Lipinski definition) is 6. The number of rotatable bonds is 2. The summed E-state index contributed by atoms with van der Waals surface area (Å²) in [7, 11) is 0. The zero-order valence-corrected chi connectivity index (χ0v) is 9.94. The Kier molecular flexibility index (Phi) is 3.24. The zero-order chi connectivity index (χ0) is 13.5. The highest BCUT2D eigenvalue weighted by molar-refractivity contribution is 6.06. The molecule has 4 N–H and O–H groups in total. The van der Waals surface area contributed by atoms with Crippen LogP contribution in [0, 0.1) is 0 Å². The van der Waals surface area contributed by atoms with Gasteiger partial charge in [0, 0.05) is 6.20 Å². The number of aliphatic hydroxyl groups is 2. The van der Waals surface area contributed by atoms with Crippen LogP contribution in [0.25, 0.3) is 0 Å². The van der Waals surface area contributed by atoms with E-state index in [1.54, 1.807) is 0 Å². The van der Waals surface area contributed by atoms with Crippen LogP contribution in [-0.2, 0) is 14.3 Å². The second-order valence-corrected chi connectivity index (χ2v) is 4.78. The fraction of sp³-hybridized carbons (Fsp3) is 0.636. The number of amides is 1. The lowest BCUT2D eigenvalue weighted by atomic mass is 9.92. The molecule has 1 saturated heterocycles. The van der Waals surface area contributed by atoms with Crippen molar-refractivity contribution < 1.29 is 24.5 Å². The second-order valence-electron chi connectivity index (χ2n) is 4.78. The van der Waals surface area contributed by atoms with Crippen molar-refractivity contribution >= 4 is 11.7 Å². The van der Waals surface area contributed by atoms with Gasteiger partial charge >= 0.3 is 0 Å². The number of ether oxygens (including phenoxy) is 1. The highest BCUT2D eigenvalue weighted by Crippen LogP contribution is 2.32. The van der Waals surface area contributed by atoms with E-state index in [0.717, 1.165) is 0 Å². The lowest BCUT2D eigenvalue weighted by Gasteiger charge is -2.35. The SMILES string of the molecule is C[C@@]1(N)[C@H](O)[C@@H](CO)O[C@H]1N1C=CC(=O)CC1=O. The normalized spacial score (nSPS) is 40.7. The zero-order valence-electron chi connectivity index (χ0n) is 9.94. The first-order valence-corrected chi connectivity index (χ1v) is 5.63. The molecule has 7 nitrogen and oxygen atoms in total. The Morgan fingerprint density at radius 1 is 1.61 bits per heavy atom. The van der Waals surface area contributed by atoms with Gasteiger partial charge in [0.2, 0.25) is 5.91 Å². The third kappa shape index (κ3) is 1.95. The van der Waals surface area contributed by atoms with E-state index in [2.05, 4.69) is 0 Å². The van der Waals surface area contributed by atoms with Crippen LogP contribution in [0.15, 0.2) is 12.3 Å². The summed E-state index contributed by atoms with van der Waals surface area (Å²) in [6, 6.07) is 0. The molecule has 4 atom stereocenters. The largest absolute Gasteiger partial charge is 0.394 e.